The molecular formula is C9H10ClN3OS. The maximum atomic E-state index is 11.1. The molecule has 0 atom stereocenters. The van der Waals surface area contributed by atoms with Gasteiger partial charge in [0.05, 0.1) is 11.1 Å². The molecule has 4 nitrogen and oxygen atoms in total. The molecule has 0 aromatic carbocycles. The molecule has 0 fully saturated rings. The van der Waals surface area contributed by atoms with Gasteiger partial charge in [0.1, 0.15) is 0 Å². The first-order chi connectivity index (χ1) is 6.68. The first-order valence-electron chi connectivity index (χ1n) is 4.05. The van der Waals surface area contributed by atoms with Crippen molar-refractivity contribution >= 4 is 29.7 Å². The number of primary amides is 1. The molecule has 0 aliphatic rings. The molecule has 0 saturated carbocycles. The maximum absolute atomic E-state index is 11.1. The molecule has 0 unspecified atom stereocenters. The average molecular weight is 244 g/mol. The Bertz CT molecular complexity index is 477. The van der Waals surface area contributed by atoms with Crippen molar-refractivity contribution in [2.45, 2.75) is 0 Å². The lowest BCUT2D eigenvalue weighted by Crippen LogP contribution is -2.09. The number of aromatic nitrogens is 2. The molecular weight excluding hydrogens is 234 g/mol. The minimum absolute atomic E-state index is 0. The Labute approximate surface area is 97.1 Å². The van der Waals surface area contributed by atoms with Crippen molar-refractivity contribution in [3.63, 3.8) is 0 Å². The fourth-order valence-corrected chi connectivity index (χ4v) is 2.06. The molecule has 1 amide bonds. The number of aryl methyl sites for hydroxylation is 1. The summed E-state index contributed by atoms with van der Waals surface area (Å²) in [6, 6.07) is 1.88. The predicted molar refractivity (Wildman–Crippen MR) is 62.3 cm³/mol. The Morgan fingerprint density at radius 3 is 2.87 bits per heavy atom. The van der Waals surface area contributed by atoms with Crippen molar-refractivity contribution in [2.75, 3.05) is 0 Å². The highest BCUT2D eigenvalue weighted by Gasteiger charge is 2.12. The monoisotopic (exact) mass is 243 g/mol. The van der Waals surface area contributed by atoms with Crippen molar-refractivity contribution in [2.24, 2.45) is 12.8 Å². The predicted octanol–water partition coefficient (Wildman–Crippen LogP) is 1.67. The van der Waals surface area contributed by atoms with Crippen molar-refractivity contribution in [3.8, 4) is 11.1 Å². The molecule has 0 aliphatic heterocycles. The molecule has 0 aliphatic carbocycles. The molecule has 2 rings (SSSR count). The van der Waals surface area contributed by atoms with Crippen molar-refractivity contribution in [3.05, 3.63) is 28.7 Å². The summed E-state index contributed by atoms with van der Waals surface area (Å²) in [5.74, 6) is -0.390. The normalized spacial score (nSPS) is 9.67. The van der Waals surface area contributed by atoms with E-state index in [1.165, 1.54) is 11.3 Å². The third kappa shape index (κ3) is 2.19. The number of nitrogens with zero attached hydrogens (tertiary/aromatic N) is 2. The van der Waals surface area contributed by atoms with Gasteiger partial charge in [-0.1, -0.05) is 0 Å². The lowest BCUT2D eigenvalue weighted by Gasteiger charge is -1.95. The molecule has 15 heavy (non-hydrogen) atoms. The van der Waals surface area contributed by atoms with E-state index >= 15 is 0 Å². The van der Waals surface area contributed by atoms with Crippen LogP contribution in [0.15, 0.2) is 23.8 Å². The third-order valence-corrected chi connectivity index (χ3v) is 2.83. The van der Waals surface area contributed by atoms with E-state index in [1.54, 1.807) is 10.9 Å². The van der Waals surface area contributed by atoms with Crippen LogP contribution in [0.5, 0.6) is 0 Å². The van der Waals surface area contributed by atoms with Gasteiger partial charge in [-0.2, -0.15) is 5.10 Å². The van der Waals surface area contributed by atoms with Crippen LogP contribution in [0.25, 0.3) is 11.1 Å². The summed E-state index contributed by atoms with van der Waals surface area (Å²) in [5.41, 5.74) is 7.02. The van der Waals surface area contributed by atoms with Gasteiger partial charge in [0.15, 0.2) is 0 Å². The van der Waals surface area contributed by atoms with Crippen LogP contribution in [0.2, 0.25) is 0 Å². The fourth-order valence-electron chi connectivity index (χ4n) is 1.29. The summed E-state index contributed by atoms with van der Waals surface area (Å²) in [4.78, 5) is 11.6. The zero-order chi connectivity index (χ0) is 10.1. The van der Waals surface area contributed by atoms with Gasteiger partial charge in [0.25, 0.3) is 5.91 Å². The first-order valence-corrected chi connectivity index (χ1v) is 4.93. The van der Waals surface area contributed by atoms with Crippen LogP contribution in [0, 0.1) is 0 Å². The topological polar surface area (TPSA) is 60.9 Å². The minimum atomic E-state index is -0.390. The highest BCUT2D eigenvalue weighted by atomic mass is 35.5. The highest BCUT2D eigenvalue weighted by molar-refractivity contribution is 7.12. The van der Waals surface area contributed by atoms with Gasteiger partial charge in [0, 0.05) is 24.4 Å². The molecule has 0 radical (unpaired) electrons. The van der Waals surface area contributed by atoms with E-state index in [-0.39, 0.29) is 18.3 Å². The second-order valence-corrected chi connectivity index (χ2v) is 3.85. The Balaban J connectivity index is 0.00000112. The molecule has 2 aromatic rings. The maximum Gasteiger partial charge on any atom is 0.259 e. The first kappa shape index (κ1) is 11.7. The van der Waals surface area contributed by atoms with E-state index in [2.05, 4.69) is 5.10 Å². The molecule has 2 heterocycles. The van der Waals surface area contributed by atoms with Crippen molar-refractivity contribution in [1.82, 2.24) is 9.78 Å². The van der Waals surface area contributed by atoms with Crippen molar-refractivity contribution in [1.29, 1.82) is 0 Å². The van der Waals surface area contributed by atoms with Gasteiger partial charge < -0.3 is 5.73 Å². The van der Waals surface area contributed by atoms with E-state index in [0.29, 0.717) is 4.88 Å². The van der Waals surface area contributed by atoms with Crippen molar-refractivity contribution < 1.29 is 4.79 Å². The largest absolute Gasteiger partial charge is 0.365 e. The number of hydrogen-bond donors (Lipinski definition) is 1. The molecule has 0 saturated heterocycles. The number of halogens is 1. The number of rotatable bonds is 2. The van der Waals surface area contributed by atoms with E-state index in [0.717, 1.165) is 11.1 Å². The number of thiophene rings is 1. The number of carbonyl (C=O) groups is 1. The van der Waals surface area contributed by atoms with Gasteiger partial charge >= 0.3 is 0 Å². The number of carbonyl (C=O) groups excluding carboxylic acids is 1. The van der Waals surface area contributed by atoms with Crippen LogP contribution in [0.1, 0.15) is 9.67 Å². The summed E-state index contributed by atoms with van der Waals surface area (Å²) < 4.78 is 1.69. The zero-order valence-corrected chi connectivity index (χ0v) is 9.64. The van der Waals surface area contributed by atoms with Crippen LogP contribution >= 0.6 is 23.7 Å². The van der Waals surface area contributed by atoms with Crippen LogP contribution < -0.4 is 5.73 Å². The smallest absolute Gasteiger partial charge is 0.259 e. The Hall–Kier alpha value is -1.33. The fraction of sp³-hybridized carbons (Fsp3) is 0.111. The van der Waals surface area contributed by atoms with Gasteiger partial charge in [0.2, 0.25) is 0 Å². The summed E-state index contributed by atoms with van der Waals surface area (Å²) >= 11 is 1.35. The van der Waals surface area contributed by atoms with E-state index < -0.39 is 0 Å². The van der Waals surface area contributed by atoms with Gasteiger partial charge in [-0.15, -0.1) is 23.7 Å². The molecule has 6 heteroatoms. The molecule has 80 valence electrons. The van der Waals surface area contributed by atoms with E-state index in [9.17, 15) is 4.79 Å². The molecule has 2 N–H and O–H groups in total. The number of nitrogens with two attached hydrogens (primary N) is 1. The SMILES string of the molecule is Cl.Cn1cc(-c2ccsc2C(N)=O)cn1. The molecule has 0 bridgehead atoms. The Morgan fingerprint density at radius 2 is 2.33 bits per heavy atom. The van der Waals surface area contributed by atoms with E-state index in [4.69, 9.17) is 5.73 Å². The quantitative estimate of drug-likeness (QED) is 0.872. The summed E-state index contributed by atoms with van der Waals surface area (Å²) in [5, 5.41) is 5.89. The lowest BCUT2D eigenvalue weighted by atomic mass is 10.1. The number of amides is 1. The molecule has 0 spiro atoms. The van der Waals surface area contributed by atoms with Crippen LogP contribution in [0.3, 0.4) is 0 Å². The Morgan fingerprint density at radius 1 is 1.60 bits per heavy atom. The summed E-state index contributed by atoms with van der Waals surface area (Å²) in [6.45, 7) is 0. The zero-order valence-electron chi connectivity index (χ0n) is 8.01. The van der Waals surface area contributed by atoms with Gasteiger partial charge in [-0.25, -0.2) is 0 Å². The molecule has 2 aromatic heterocycles. The van der Waals surface area contributed by atoms with Crippen LogP contribution in [-0.2, 0) is 7.05 Å². The number of hydrogen-bond acceptors (Lipinski definition) is 3. The Kier molecular flexibility index (Phi) is 3.49. The highest BCUT2D eigenvalue weighted by Crippen LogP contribution is 2.27. The van der Waals surface area contributed by atoms with Crippen LogP contribution in [-0.4, -0.2) is 15.7 Å². The van der Waals surface area contributed by atoms with E-state index in [1.807, 2.05) is 24.7 Å². The summed E-state index contributed by atoms with van der Waals surface area (Å²) in [6.07, 6.45) is 3.57. The minimum Gasteiger partial charge on any atom is -0.365 e. The average Bonchev–Trinajstić information content (AvgIpc) is 2.70. The van der Waals surface area contributed by atoms with Gasteiger partial charge in [-0.05, 0) is 11.4 Å². The third-order valence-electron chi connectivity index (χ3n) is 1.90. The second kappa shape index (κ2) is 4.46. The van der Waals surface area contributed by atoms with Gasteiger partial charge in [-0.3, -0.25) is 9.48 Å². The second-order valence-electron chi connectivity index (χ2n) is 2.93. The standard InChI is InChI=1S/C9H9N3OS.ClH/c1-12-5-6(4-11-12)7-2-3-14-8(7)9(10)13;/h2-5H,1H3,(H2,10,13);1H. The van der Waals surface area contributed by atoms with Crippen LogP contribution in [0.4, 0.5) is 0 Å². The summed E-state index contributed by atoms with van der Waals surface area (Å²) in [7, 11) is 1.83. The lowest BCUT2D eigenvalue weighted by molar-refractivity contribution is 0.100.